The van der Waals surface area contributed by atoms with Crippen LogP contribution in [0.1, 0.15) is 63.8 Å². The van der Waals surface area contributed by atoms with Crippen molar-refractivity contribution in [2.24, 2.45) is 11.3 Å². The van der Waals surface area contributed by atoms with Gasteiger partial charge in [-0.1, -0.05) is 58.9 Å². The SMILES string of the molecule is Cc1cc(CCC(C)(C)C)ccc1N(C(=O)CCl)C(C(=O)N1CCN[C@@H](C(C)C)C1)c1ccc(F)cc1.Cl. The number of aryl methyl sites for hydroxylation is 2. The molecule has 3 rings (SSSR count). The first-order valence-electron chi connectivity index (χ1n) is 13.2. The van der Waals surface area contributed by atoms with Crippen LogP contribution in [-0.2, 0) is 16.0 Å². The summed E-state index contributed by atoms with van der Waals surface area (Å²) in [5, 5.41) is 3.48. The van der Waals surface area contributed by atoms with Gasteiger partial charge in [-0.15, -0.1) is 24.0 Å². The van der Waals surface area contributed by atoms with Gasteiger partial charge in [-0.3, -0.25) is 14.5 Å². The molecule has 2 aromatic carbocycles. The first kappa shape index (κ1) is 32.1. The normalized spacial score (nSPS) is 16.7. The smallest absolute Gasteiger partial charge is 0.250 e. The molecule has 5 nitrogen and oxygen atoms in total. The zero-order valence-electron chi connectivity index (χ0n) is 23.4. The number of nitrogens with zero attached hydrogens (tertiary/aromatic N) is 2. The number of hydrogen-bond acceptors (Lipinski definition) is 3. The highest BCUT2D eigenvalue weighted by molar-refractivity contribution is 6.30. The Morgan fingerprint density at radius 2 is 1.82 bits per heavy atom. The highest BCUT2D eigenvalue weighted by Gasteiger charge is 2.37. The minimum absolute atomic E-state index is 0. The van der Waals surface area contributed by atoms with Crippen LogP contribution in [0.4, 0.5) is 10.1 Å². The molecule has 1 aliphatic rings. The molecular weight excluding hydrogens is 524 g/mol. The van der Waals surface area contributed by atoms with E-state index < -0.39 is 11.9 Å². The molecule has 1 saturated heterocycles. The molecule has 8 heteroatoms. The van der Waals surface area contributed by atoms with Crippen LogP contribution in [0, 0.1) is 24.1 Å². The number of anilines is 1. The van der Waals surface area contributed by atoms with E-state index in [4.69, 9.17) is 11.6 Å². The van der Waals surface area contributed by atoms with E-state index in [-0.39, 0.29) is 41.6 Å². The molecule has 1 unspecified atom stereocenters. The Morgan fingerprint density at radius 1 is 1.16 bits per heavy atom. The molecule has 1 heterocycles. The monoisotopic (exact) mass is 565 g/mol. The molecule has 1 aliphatic heterocycles. The van der Waals surface area contributed by atoms with Crippen molar-refractivity contribution in [2.45, 2.75) is 66.5 Å². The number of benzene rings is 2. The molecule has 38 heavy (non-hydrogen) atoms. The van der Waals surface area contributed by atoms with E-state index >= 15 is 0 Å². The molecule has 2 amide bonds. The van der Waals surface area contributed by atoms with E-state index in [2.05, 4.69) is 46.0 Å². The lowest BCUT2D eigenvalue weighted by molar-refractivity contribution is -0.135. The Morgan fingerprint density at radius 3 is 2.37 bits per heavy atom. The summed E-state index contributed by atoms with van der Waals surface area (Å²) in [6, 6.07) is 11.1. The number of carbonyl (C=O) groups excluding carboxylic acids is 2. The first-order chi connectivity index (χ1) is 17.4. The third-order valence-electron chi connectivity index (χ3n) is 7.07. The molecule has 210 valence electrons. The van der Waals surface area contributed by atoms with E-state index in [0.29, 0.717) is 36.8 Å². The third kappa shape index (κ3) is 8.17. The molecule has 0 bridgehead atoms. The minimum Gasteiger partial charge on any atom is -0.338 e. The number of nitrogens with one attached hydrogen (secondary N) is 1. The molecule has 2 aromatic rings. The fourth-order valence-electron chi connectivity index (χ4n) is 4.79. The maximum absolute atomic E-state index is 14.1. The fraction of sp³-hybridized carbons (Fsp3) is 0.533. The van der Waals surface area contributed by atoms with E-state index in [1.807, 2.05) is 24.0 Å². The summed E-state index contributed by atoms with van der Waals surface area (Å²) >= 11 is 6.11. The molecule has 0 aliphatic carbocycles. The Kier molecular flexibility index (Phi) is 11.6. The minimum atomic E-state index is -0.947. The van der Waals surface area contributed by atoms with Crippen molar-refractivity contribution in [3.8, 4) is 0 Å². The molecule has 0 saturated carbocycles. The van der Waals surface area contributed by atoms with Gasteiger partial charge in [-0.2, -0.15) is 0 Å². The molecule has 0 radical (unpaired) electrons. The summed E-state index contributed by atoms with van der Waals surface area (Å²) in [6.45, 7) is 14.6. The van der Waals surface area contributed by atoms with Crippen molar-refractivity contribution in [3.63, 3.8) is 0 Å². The van der Waals surface area contributed by atoms with Crippen molar-refractivity contribution < 1.29 is 14.0 Å². The molecular formula is C30H42Cl2FN3O2. The lowest BCUT2D eigenvalue weighted by Crippen LogP contribution is -2.57. The van der Waals surface area contributed by atoms with Gasteiger partial charge in [0.15, 0.2) is 0 Å². The Labute approximate surface area is 238 Å². The standard InChI is InChI=1S/C30H41ClFN3O2.ClH/c1-20(2)25-19-34(16-15-33-25)29(37)28(23-8-10-24(32)11-9-23)35(27(36)18-31)26-12-7-22(17-21(26)3)13-14-30(4,5)6;/h7-12,17,20,25,28,33H,13-16,18-19H2,1-6H3;1H/t25-,28?;/m1./s1. The summed E-state index contributed by atoms with van der Waals surface area (Å²) in [4.78, 5) is 30.9. The summed E-state index contributed by atoms with van der Waals surface area (Å²) in [6.07, 6.45) is 1.96. The van der Waals surface area contributed by atoms with Crippen LogP contribution in [0.5, 0.6) is 0 Å². The molecule has 1 fully saturated rings. The van der Waals surface area contributed by atoms with Crippen LogP contribution in [0.2, 0.25) is 0 Å². The summed E-state index contributed by atoms with van der Waals surface area (Å²) in [7, 11) is 0. The van der Waals surface area contributed by atoms with Crippen LogP contribution in [0.3, 0.4) is 0 Å². The predicted molar refractivity (Wildman–Crippen MR) is 157 cm³/mol. The number of carbonyl (C=O) groups is 2. The van der Waals surface area contributed by atoms with Crippen LogP contribution >= 0.6 is 24.0 Å². The van der Waals surface area contributed by atoms with Crippen LogP contribution < -0.4 is 10.2 Å². The van der Waals surface area contributed by atoms with Crippen molar-refractivity contribution in [2.75, 3.05) is 30.4 Å². The second kappa shape index (κ2) is 13.8. The van der Waals surface area contributed by atoms with E-state index in [0.717, 1.165) is 18.4 Å². The number of halogens is 3. The van der Waals surface area contributed by atoms with E-state index in [1.165, 1.54) is 22.6 Å². The van der Waals surface area contributed by atoms with Crippen molar-refractivity contribution in [1.29, 1.82) is 0 Å². The topological polar surface area (TPSA) is 52.7 Å². The molecule has 0 aromatic heterocycles. The third-order valence-corrected chi connectivity index (χ3v) is 7.30. The Hall–Kier alpha value is -2.15. The second-order valence-corrected chi connectivity index (χ2v) is 11.9. The number of rotatable bonds is 8. The van der Waals surface area contributed by atoms with Gasteiger partial charge in [-0.25, -0.2) is 4.39 Å². The second-order valence-electron chi connectivity index (χ2n) is 11.6. The lowest BCUT2D eigenvalue weighted by atomic mass is 9.88. The van der Waals surface area contributed by atoms with Gasteiger partial charge in [0.05, 0.1) is 0 Å². The average Bonchev–Trinajstić information content (AvgIpc) is 2.86. The van der Waals surface area contributed by atoms with Gasteiger partial charge in [0.1, 0.15) is 17.7 Å². The number of amides is 2. The van der Waals surface area contributed by atoms with Crippen LogP contribution in [0.25, 0.3) is 0 Å². The van der Waals surface area contributed by atoms with Gasteiger partial charge < -0.3 is 10.2 Å². The average molecular weight is 567 g/mol. The number of hydrogen-bond donors (Lipinski definition) is 1. The highest BCUT2D eigenvalue weighted by atomic mass is 35.5. The summed E-state index contributed by atoms with van der Waals surface area (Å²) in [5.41, 5.74) is 3.49. The quantitative estimate of drug-likeness (QED) is 0.382. The van der Waals surface area contributed by atoms with Gasteiger partial charge in [0, 0.05) is 31.4 Å². The van der Waals surface area contributed by atoms with E-state index in [1.54, 1.807) is 12.1 Å². The lowest BCUT2D eigenvalue weighted by Gasteiger charge is -2.40. The van der Waals surface area contributed by atoms with Crippen molar-refractivity contribution >= 4 is 41.5 Å². The maximum atomic E-state index is 14.1. The van der Waals surface area contributed by atoms with Gasteiger partial charge in [0.2, 0.25) is 5.91 Å². The zero-order chi connectivity index (χ0) is 27.3. The van der Waals surface area contributed by atoms with Gasteiger partial charge in [0.25, 0.3) is 5.91 Å². The summed E-state index contributed by atoms with van der Waals surface area (Å²) in [5.74, 6) is -0.874. The molecule has 1 N–H and O–H groups in total. The Bertz CT molecular complexity index is 1090. The van der Waals surface area contributed by atoms with Gasteiger partial charge >= 0.3 is 0 Å². The molecule has 0 spiro atoms. The van der Waals surface area contributed by atoms with E-state index in [9.17, 15) is 14.0 Å². The van der Waals surface area contributed by atoms with Crippen LogP contribution in [0.15, 0.2) is 42.5 Å². The largest absolute Gasteiger partial charge is 0.338 e. The van der Waals surface area contributed by atoms with Crippen LogP contribution in [-0.4, -0.2) is 48.3 Å². The summed E-state index contributed by atoms with van der Waals surface area (Å²) < 4.78 is 13.9. The Balaban J connectivity index is 0.00000507. The van der Waals surface area contributed by atoms with Gasteiger partial charge in [-0.05, 0) is 66.0 Å². The first-order valence-corrected chi connectivity index (χ1v) is 13.7. The highest BCUT2D eigenvalue weighted by Crippen LogP contribution is 2.34. The molecule has 2 atom stereocenters. The number of alkyl halides is 1. The zero-order valence-corrected chi connectivity index (χ0v) is 25.0. The predicted octanol–water partition coefficient (Wildman–Crippen LogP) is 6.30. The fourth-order valence-corrected chi connectivity index (χ4v) is 4.92. The van der Waals surface area contributed by atoms with Crippen molar-refractivity contribution in [3.05, 3.63) is 65.0 Å². The maximum Gasteiger partial charge on any atom is 0.250 e. The number of piperazine rings is 1. The van der Waals surface area contributed by atoms with Crippen molar-refractivity contribution in [1.82, 2.24) is 10.2 Å².